The molecule has 2 rings (SSSR count). The van der Waals surface area contributed by atoms with E-state index in [4.69, 9.17) is 4.74 Å². The maximum Gasteiger partial charge on any atom is 0.169 e. The predicted octanol–water partition coefficient (Wildman–Crippen LogP) is 3.79. The van der Waals surface area contributed by atoms with Crippen LogP contribution in [-0.4, -0.2) is 11.9 Å². The SMILES string of the molecule is CC(=O)C(C)Oc1ccc(Nc2ccccc2)cc1. The van der Waals surface area contributed by atoms with Gasteiger partial charge in [0.25, 0.3) is 0 Å². The molecule has 0 aromatic heterocycles. The van der Waals surface area contributed by atoms with Crippen LogP contribution >= 0.6 is 0 Å². The summed E-state index contributed by atoms with van der Waals surface area (Å²) in [4.78, 5) is 11.1. The van der Waals surface area contributed by atoms with Gasteiger partial charge >= 0.3 is 0 Å². The number of ether oxygens (including phenoxy) is 1. The Morgan fingerprint density at radius 3 is 2.16 bits per heavy atom. The zero-order valence-electron chi connectivity index (χ0n) is 11.1. The number of nitrogens with one attached hydrogen (secondary N) is 1. The molecule has 0 aliphatic rings. The number of carbonyl (C=O) groups excluding carboxylic acids is 1. The first-order valence-electron chi connectivity index (χ1n) is 6.24. The summed E-state index contributed by atoms with van der Waals surface area (Å²) in [6, 6.07) is 17.5. The minimum Gasteiger partial charge on any atom is -0.483 e. The van der Waals surface area contributed by atoms with Crippen LogP contribution in [0.15, 0.2) is 54.6 Å². The number of benzene rings is 2. The summed E-state index contributed by atoms with van der Waals surface area (Å²) in [6.07, 6.45) is -0.409. The van der Waals surface area contributed by atoms with E-state index in [-0.39, 0.29) is 5.78 Å². The molecule has 0 radical (unpaired) electrons. The maximum atomic E-state index is 11.1. The summed E-state index contributed by atoms with van der Waals surface area (Å²) in [5.74, 6) is 0.716. The smallest absolute Gasteiger partial charge is 0.169 e. The average Bonchev–Trinajstić information content (AvgIpc) is 2.42. The second kappa shape index (κ2) is 6.05. The first kappa shape index (κ1) is 13.1. The van der Waals surface area contributed by atoms with Crippen LogP contribution in [0.5, 0.6) is 5.75 Å². The van der Waals surface area contributed by atoms with Crippen molar-refractivity contribution in [3.8, 4) is 5.75 Å². The monoisotopic (exact) mass is 255 g/mol. The summed E-state index contributed by atoms with van der Waals surface area (Å²) < 4.78 is 5.50. The average molecular weight is 255 g/mol. The number of ketones is 1. The minimum atomic E-state index is -0.409. The van der Waals surface area contributed by atoms with Crippen LogP contribution in [0.1, 0.15) is 13.8 Å². The lowest BCUT2D eigenvalue weighted by Crippen LogP contribution is -2.20. The van der Waals surface area contributed by atoms with Gasteiger partial charge in [0.2, 0.25) is 0 Å². The van der Waals surface area contributed by atoms with E-state index < -0.39 is 6.10 Å². The zero-order valence-corrected chi connectivity index (χ0v) is 11.1. The zero-order chi connectivity index (χ0) is 13.7. The van der Waals surface area contributed by atoms with Gasteiger partial charge in [-0.25, -0.2) is 0 Å². The predicted molar refractivity (Wildman–Crippen MR) is 76.9 cm³/mol. The van der Waals surface area contributed by atoms with E-state index in [2.05, 4.69) is 5.32 Å². The second-order valence-corrected chi connectivity index (χ2v) is 4.39. The number of para-hydroxylation sites is 1. The highest BCUT2D eigenvalue weighted by atomic mass is 16.5. The fourth-order valence-corrected chi connectivity index (χ4v) is 1.59. The summed E-state index contributed by atoms with van der Waals surface area (Å²) in [5, 5.41) is 3.28. The van der Waals surface area contributed by atoms with Gasteiger partial charge in [-0.3, -0.25) is 4.79 Å². The molecule has 2 aromatic rings. The molecule has 0 amide bonds. The van der Waals surface area contributed by atoms with Gasteiger partial charge in [0.05, 0.1) is 0 Å². The minimum absolute atomic E-state index is 0.0199. The van der Waals surface area contributed by atoms with Gasteiger partial charge in [-0.2, -0.15) is 0 Å². The Kier molecular flexibility index (Phi) is 4.18. The maximum absolute atomic E-state index is 11.1. The topological polar surface area (TPSA) is 38.3 Å². The van der Waals surface area contributed by atoms with Crippen molar-refractivity contribution in [2.75, 3.05) is 5.32 Å². The van der Waals surface area contributed by atoms with Crippen molar-refractivity contribution >= 4 is 17.2 Å². The number of hydrogen-bond acceptors (Lipinski definition) is 3. The van der Waals surface area contributed by atoms with Gasteiger partial charge in [0.1, 0.15) is 5.75 Å². The van der Waals surface area contributed by atoms with Crippen LogP contribution in [0.25, 0.3) is 0 Å². The summed E-state index contributed by atoms with van der Waals surface area (Å²) >= 11 is 0. The van der Waals surface area contributed by atoms with Crippen molar-refractivity contribution < 1.29 is 9.53 Å². The van der Waals surface area contributed by atoms with E-state index in [1.165, 1.54) is 6.92 Å². The first-order chi connectivity index (χ1) is 9.15. The van der Waals surface area contributed by atoms with Crippen molar-refractivity contribution in [3.63, 3.8) is 0 Å². The summed E-state index contributed by atoms with van der Waals surface area (Å²) in [6.45, 7) is 3.27. The molecule has 0 bridgehead atoms. The Morgan fingerprint density at radius 2 is 1.58 bits per heavy atom. The van der Waals surface area contributed by atoms with E-state index in [0.29, 0.717) is 5.75 Å². The highest BCUT2D eigenvalue weighted by molar-refractivity contribution is 5.80. The number of hydrogen-bond donors (Lipinski definition) is 1. The molecule has 0 saturated carbocycles. The van der Waals surface area contributed by atoms with Crippen molar-refractivity contribution in [2.24, 2.45) is 0 Å². The Labute approximate surface area is 113 Å². The van der Waals surface area contributed by atoms with Crippen LogP contribution < -0.4 is 10.1 Å². The molecule has 0 heterocycles. The van der Waals surface area contributed by atoms with Crippen LogP contribution in [0, 0.1) is 0 Å². The third-order valence-electron chi connectivity index (χ3n) is 2.80. The Bertz CT molecular complexity index is 534. The Balaban J connectivity index is 2.01. The second-order valence-electron chi connectivity index (χ2n) is 4.39. The molecule has 3 heteroatoms. The summed E-state index contributed by atoms with van der Waals surface area (Å²) in [7, 11) is 0. The van der Waals surface area contributed by atoms with Gasteiger partial charge < -0.3 is 10.1 Å². The molecule has 98 valence electrons. The van der Waals surface area contributed by atoms with E-state index in [1.807, 2.05) is 54.6 Å². The molecule has 0 spiro atoms. The molecule has 0 fully saturated rings. The van der Waals surface area contributed by atoms with E-state index >= 15 is 0 Å². The molecule has 19 heavy (non-hydrogen) atoms. The van der Waals surface area contributed by atoms with Gasteiger partial charge in [-0.15, -0.1) is 0 Å². The van der Waals surface area contributed by atoms with Crippen molar-refractivity contribution in [1.82, 2.24) is 0 Å². The normalized spacial score (nSPS) is 11.7. The van der Waals surface area contributed by atoms with Gasteiger partial charge in [-0.1, -0.05) is 18.2 Å². The van der Waals surface area contributed by atoms with Gasteiger partial charge in [0.15, 0.2) is 11.9 Å². The number of Topliss-reactive ketones (excluding diaryl/α,β-unsaturated/α-hetero) is 1. The molecule has 3 nitrogen and oxygen atoms in total. The quantitative estimate of drug-likeness (QED) is 0.883. The first-order valence-corrected chi connectivity index (χ1v) is 6.24. The van der Waals surface area contributed by atoms with Crippen molar-refractivity contribution in [3.05, 3.63) is 54.6 Å². The molecule has 1 unspecified atom stereocenters. The van der Waals surface area contributed by atoms with Crippen LogP contribution in [-0.2, 0) is 4.79 Å². The van der Waals surface area contributed by atoms with Gasteiger partial charge in [0, 0.05) is 11.4 Å². The standard InChI is InChI=1S/C16H17NO2/c1-12(18)13(2)19-16-10-8-15(9-11-16)17-14-6-4-3-5-7-14/h3-11,13,17H,1-2H3. The third-order valence-corrected chi connectivity index (χ3v) is 2.80. The molecule has 0 saturated heterocycles. The fraction of sp³-hybridized carbons (Fsp3) is 0.188. The molecule has 0 aliphatic carbocycles. The lowest BCUT2D eigenvalue weighted by molar-refractivity contribution is -0.122. The largest absolute Gasteiger partial charge is 0.483 e. The summed E-state index contributed by atoms with van der Waals surface area (Å²) in [5.41, 5.74) is 2.02. The van der Waals surface area contributed by atoms with Crippen LogP contribution in [0.3, 0.4) is 0 Å². The molecule has 1 N–H and O–H groups in total. The Morgan fingerprint density at radius 1 is 1.00 bits per heavy atom. The highest BCUT2D eigenvalue weighted by Gasteiger charge is 2.08. The highest BCUT2D eigenvalue weighted by Crippen LogP contribution is 2.20. The van der Waals surface area contributed by atoms with E-state index in [1.54, 1.807) is 6.92 Å². The number of carbonyl (C=O) groups is 1. The molecule has 2 aromatic carbocycles. The lowest BCUT2D eigenvalue weighted by Gasteiger charge is -2.12. The third kappa shape index (κ3) is 3.85. The van der Waals surface area contributed by atoms with Crippen molar-refractivity contribution in [1.29, 1.82) is 0 Å². The van der Waals surface area contributed by atoms with Gasteiger partial charge in [-0.05, 0) is 50.2 Å². The molecule has 1 atom stereocenters. The lowest BCUT2D eigenvalue weighted by atomic mass is 10.2. The molecular formula is C16H17NO2. The Hall–Kier alpha value is -2.29. The molecular weight excluding hydrogens is 238 g/mol. The van der Waals surface area contributed by atoms with E-state index in [0.717, 1.165) is 11.4 Å². The molecule has 0 aliphatic heterocycles. The van der Waals surface area contributed by atoms with Crippen molar-refractivity contribution in [2.45, 2.75) is 20.0 Å². The number of rotatable bonds is 5. The van der Waals surface area contributed by atoms with Crippen LogP contribution in [0.4, 0.5) is 11.4 Å². The number of anilines is 2. The van der Waals surface area contributed by atoms with E-state index in [9.17, 15) is 4.79 Å². The fourth-order valence-electron chi connectivity index (χ4n) is 1.59. The van der Waals surface area contributed by atoms with Crippen LogP contribution in [0.2, 0.25) is 0 Å².